The summed E-state index contributed by atoms with van der Waals surface area (Å²) >= 11 is 0.834. The van der Waals surface area contributed by atoms with E-state index in [2.05, 4.69) is 15.5 Å². The van der Waals surface area contributed by atoms with Gasteiger partial charge in [0.2, 0.25) is 11.7 Å². The van der Waals surface area contributed by atoms with Crippen molar-refractivity contribution in [1.29, 1.82) is 0 Å². The fourth-order valence-electron chi connectivity index (χ4n) is 4.99. The zero-order chi connectivity index (χ0) is 31.2. The van der Waals surface area contributed by atoms with Gasteiger partial charge in [-0.1, -0.05) is 42.4 Å². The van der Waals surface area contributed by atoms with Crippen molar-refractivity contribution < 1.29 is 31.5 Å². The molecule has 0 bridgehead atoms. The summed E-state index contributed by atoms with van der Waals surface area (Å²) in [5.41, 5.74) is 1.92. The molecule has 0 unspecified atom stereocenters. The van der Waals surface area contributed by atoms with Crippen LogP contribution in [0.4, 0.5) is 22.0 Å². The standard InChI is InChI=1S/C32H31F5N4O2S/c1-43-23-14-12-19(13-15-23)17-38-26(42)11-3-2-10-25-39-40-32(41(25)22-9-5-8-21(16-22)20-6-4-7-20)44-18-24-27(33)29(35)31(37)30(36)28(24)34/h5,8-9,12-16,20H,2-4,6-7,10-11,17-18H2,1H3,(H,38,42). The number of nitrogens with zero attached hydrogens (tertiary/aromatic N) is 3. The van der Waals surface area contributed by atoms with Gasteiger partial charge in [0.1, 0.15) is 11.6 Å². The number of aromatic nitrogens is 3. The van der Waals surface area contributed by atoms with E-state index in [1.165, 1.54) is 0 Å². The van der Waals surface area contributed by atoms with Gasteiger partial charge in [-0.2, -0.15) is 0 Å². The third-order valence-corrected chi connectivity index (χ3v) is 8.71. The highest BCUT2D eigenvalue weighted by atomic mass is 32.2. The number of rotatable bonds is 13. The molecule has 0 radical (unpaired) electrons. The normalized spacial score (nSPS) is 13.1. The van der Waals surface area contributed by atoms with Crippen molar-refractivity contribution >= 4 is 17.7 Å². The molecule has 4 aromatic rings. The van der Waals surface area contributed by atoms with E-state index < -0.39 is 40.4 Å². The SMILES string of the molecule is COc1ccc(CNC(=O)CCCCc2nnc(SCc3c(F)c(F)c(F)c(F)c3F)n2-c2cccc(C3CCC3)c2)cc1. The molecule has 44 heavy (non-hydrogen) atoms. The number of carbonyl (C=O) groups is 1. The Morgan fingerprint density at radius 1 is 0.955 bits per heavy atom. The number of methoxy groups -OCH3 is 1. The van der Waals surface area contributed by atoms with Gasteiger partial charge < -0.3 is 10.1 Å². The number of hydrogen-bond acceptors (Lipinski definition) is 5. The lowest BCUT2D eigenvalue weighted by Gasteiger charge is -2.26. The van der Waals surface area contributed by atoms with E-state index in [4.69, 9.17) is 4.74 Å². The summed E-state index contributed by atoms with van der Waals surface area (Å²) in [5.74, 6) is -8.77. The number of benzene rings is 3. The van der Waals surface area contributed by atoms with Crippen molar-refractivity contribution in [2.45, 2.75) is 68.3 Å². The van der Waals surface area contributed by atoms with E-state index >= 15 is 0 Å². The van der Waals surface area contributed by atoms with Crippen LogP contribution in [-0.4, -0.2) is 27.8 Å². The van der Waals surface area contributed by atoms with Crippen LogP contribution < -0.4 is 10.1 Å². The second-order valence-electron chi connectivity index (χ2n) is 10.6. The van der Waals surface area contributed by atoms with E-state index in [-0.39, 0.29) is 11.1 Å². The van der Waals surface area contributed by atoms with Crippen LogP contribution in [0.3, 0.4) is 0 Å². The quantitative estimate of drug-likeness (QED) is 0.0543. The number of hydrogen-bond donors (Lipinski definition) is 1. The lowest BCUT2D eigenvalue weighted by molar-refractivity contribution is -0.121. The van der Waals surface area contributed by atoms with Crippen LogP contribution in [0.25, 0.3) is 5.69 Å². The Labute approximate surface area is 256 Å². The van der Waals surface area contributed by atoms with Crippen molar-refractivity contribution in [2.24, 2.45) is 0 Å². The molecular weight excluding hydrogens is 599 g/mol. The number of thioether (sulfide) groups is 1. The number of carbonyl (C=O) groups excluding carboxylic acids is 1. The summed E-state index contributed by atoms with van der Waals surface area (Å²) in [6.45, 7) is 0.401. The van der Waals surface area contributed by atoms with E-state index in [0.29, 0.717) is 44.0 Å². The highest BCUT2D eigenvalue weighted by molar-refractivity contribution is 7.98. The third kappa shape index (κ3) is 7.06. The summed E-state index contributed by atoms with van der Waals surface area (Å²) in [6, 6.07) is 15.3. The molecule has 1 aliphatic carbocycles. The first-order valence-electron chi connectivity index (χ1n) is 14.3. The molecule has 0 saturated heterocycles. The van der Waals surface area contributed by atoms with Gasteiger partial charge in [-0.25, -0.2) is 22.0 Å². The van der Waals surface area contributed by atoms with Gasteiger partial charge in [0.05, 0.1) is 7.11 Å². The molecule has 1 saturated carbocycles. The molecule has 3 aromatic carbocycles. The van der Waals surface area contributed by atoms with E-state index in [0.717, 1.165) is 53.6 Å². The van der Waals surface area contributed by atoms with Crippen molar-refractivity contribution in [3.05, 3.63) is 100 Å². The van der Waals surface area contributed by atoms with Gasteiger partial charge in [-0.05, 0) is 67.0 Å². The number of ether oxygens (including phenoxy) is 1. The van der Waals surface area contributed by atoms with Gasteiger partial charge in [0.15, 0.2) is 28.4 Å². The monoisotopic (exact) mass is 630 g/mol. The highest BCUT2D eigenvalue weighted by Crippen LogP contribution is 2.38. The summed E-state index contributed by atoms with van der Waals surface area (Å²) in [6.07, 6.45) is 5.28. The summed E-state index contributed by atoms with van der Waals surface area (Å²) in [5, 5.41) is 11.7. The van der Waals surface area contributed by atoms with Crippen LogP contribution in [-0.2, 0) is 23.5 Å². The first-order valence-corrected chi connectivity index (χ1v) is 15.3. The largest absolute Gasteiger partial charge is 0.497 e. The topological polar surface area (TPSA) is 69.0 Å². The molecular formula is C32H31F5N4O2S. The van der Waals surface area contributed by atoms with Crippen LogP contribution in [0.15, 0.2) is 53.7 Å². The number of aryl methyl sites for hydroxylation is 1. The minimum atomic E-state index is -2.19. The average molecular weight is 631 g/mol. The van der Waals surface area contributed by atoms with Crippen LogP contribution in [0.5, 0.6) is 5.75 Å². The molecule has 1 heterocycles. The summed E-state index contributed by atoms with van der Waals surface area (Å²) in [4.78, 5) is 12.4. The Balaban J connectivity index is 1.27. The Kier molecular flexibility index (Phi) is 10.2. The molecule has 1 N–H and O–H groups in total. The maximum Gasteiger partial charge on any atom is 0.220 e. The van der Waals surface area contributed by atoms with Crippen LogP contribution in [0.2, 0.25) is 0 Å². The first-order chi connectivity index (χ1) is 21.3. The van der Waals surface area contributed by atoms with Gasteiger partial charge in [0, 0.05) is 36.4 Å². The van der Waals surface area contributed by atoms with Crippen molar-refractivity contribution in [2.75, 3.05) is 7.11 Å². The maximum atomic E-state index is 14.4. The zero-order valence-electron chi connectivity index (χ0n) is 24.0. The van der Waals surface area contributed by atoms with E-state index in [1.807, 2.05) is 48.5 Å². The van der Waals surface area contributed by atoms with Crippen molar-refractivity contribution in [1.82, 2.24) is 20.1 Å². The predicted molar refractivity (Wildman–Crippen MR) is 156 cm³/mol. The Morgan fingerprint density at radius 3 is 2.32 bits per heavy atom. The molecule has 1 aliphatic rings. The van der Waals surface area contributed by atoms with Crippen LogP contribution >= 0.6 is 11.8 Å². The predicted octanol–water partition coefficient (Wildman–Crippen LogP) is 7.56. The third-order valence-electron chi connectivity index (χ3n) is 7.75. The van der Waals surface area contributed by atoms with E-state index in [9.17, 15) is 26.7 Å². The zero-order valence-corrected chi connectivity index (χ0v) is 24.8. The lowest BCUT2D eigenvalue weighted by atomic mass is 9.80. The number of amides is 1. The van der Waals surface area contributed by atoms with Gasteiger partial charge >= 0.3 is 0 Å². The van der Waals surface area contributed by atoms with Gasteiger partial charge in [-0.3, -0.25) is 9.36 Å². The number of unbranched alkanes of at least 4 members (excludes halogenated alkanes) is 1. The molecule has 1 fully saturated rings. The molecule has 6 nitrogen and oxygen atoms in total. The molecule has 12 heteroatoms. The van der Waals surface area contributed by atoms with Gasteiger partial charge in [-0.15, -0.1) is 10.2 Å². The summed E-state index contributed by atoms with van der Waals surface area (Å²) in [7, 11) is 1.59. The second-order valence-corrected chi connectivity index (χ2v) is 11.6. The lowest BCUT2D eigenvalue weighted by Crippen LogP contribution is -2.22. The maximum absolute atomic E-state index is 14.4. The van der Waals surface area contributed by atoms with Crippen LogP contribution in [0.1, 0.15) is 67.0 Å². The minimum absolute atomic E-state index is 0.0884. The van der Waals surface area contributed by atoms with E-state index in [1.54, 1.807) is 11.7 Å². The summed E-state index contributed by atoms with van der Waals surface area (Å²) < 4.78 is 76.7. The Hall–Kier alpha value is -3.93. The smallest absolute Gasteiger partial charge is 0.220 e. The fourth-order valence-corrected chi connectivity index (χ4v) is 5.95. The molecule has 5 rings (SSSR count). The van der Waals surface area contributed by atoms with Gasteiger partial charge in [0.25, 0.3) is 0 Å². The Morgan fingerprint density at radius 2 is 1.66 bits per heavy atom. The second kappa shape index (κ2) is 14.2. The molecule has 1 aromatic heterocycles. The number of nitrogens with one attached hydrogen (secondary N) is 1. The van der Waals surface area contributed by atoms with Crippen molar-refractivity contribution in [3.63, 3.8) is 0 Å². The molecule has 0 spiro atoms. The molecule has 0 atom stereocenters. The van der Waals surface area contributed by atoms with Crippen LogP contribution in [0, 0.1) is 29.1 Å². The molecule has 1 amide bonds. The molecule has 232 valence electrons. The molecule has 0 aliphatic heterocycles. The first kappa shape index (κ1) is 31.5. The minimum Gasteiger partial charge on any atom is -0.497 e. The van der Waals surface area contributed by atoms with Crippen molar-refractivity contribution in [3.8, 4) is 11.4 Å². The highest BCUT2D eigenvalue weighted by Gasteiger charge is 2.27. The Bertz CT molecular complexity index is 1600. The fraction of sp³-hybridized carbons (Fsp3) is 0.344. The average Bonchev–Trinajstić information content (AvgIpc) is 3.42. The number of halogens is 5.